The Hall–Kier alpha value is -0.510. The van der Waals surface area contributed by atoms with Crippen molar-refractivity contribution < 1.29 is 0 Å². The van der Waals surface area contributed by atoms with Gasteiger partial charge < -0.3 is 5.73 Å². The maximum Gasteiger partial charge on any atom is 0.0473 e. The summed E-state index contributed by atoms with van der Waals surface area (Å²) in [5.41, 5.74) is 11.6. The molecular weight excluding hydrogens is 252 g/mol. The number of aryl methyl sites for hydroxylation is 3. The van der Waals surface area contributed by atoms with E-state index < -0.39 is 0 Å². The minimum Gasteiger partial charge on any atom is -0.329 e. The molecule has 0 amide bonds. The molecule has 1 aromatic rings. The minimum absolute atomic E-state index is 0.350. The Morgan fingerprint density at radius 3 is 2.53 bits per heavy atom. The van der Waals surface area contributed by atoms with Crippen LogP contribution in [0.1, 0.15) is 34.7 Å². The molecule has 2 rings (SSSR count). The molecule has 0 aromatic heterocycles. The maximum atomic E-state index is 6.08. The molecule has 1 aliphatic rings. The highest BCUT2D eigenvalue weighted by Gasteiger charge is 2.27. The molecule has 1 heterocycles. The first-order chi connectivity index (χ1) is 9.04. The van der Waals surface area contributed by atoms with Gasteiger partial charge in [-0.3, -0.25) is 4.90 Å². The lowest BCUT2D eigenvalue weighted by Crippen LogP contribution is -2.39. The first-order valence-corrected chi connectivity index (χ1v) is 8.27. The SMILES string of the molecule is Cc1cc(C)c(C(CN)N(C)C2CCSC2)cc1C. The summed E-state index contributed by atoms with van der Waals surface area (Å²) in [6.07, 6.45) is 1.29. The van der Waals surface area contributed by atoms with Gasteiger partial charge >= 0.3 is 0 Å². The monoisotopic (exact) mass is 278 g/mol. The number of thioether (sulfide) groups is 1. The molecule has 1 fully saturated rings. The van der Waals surface area contributed by atoms with Crippen molar-refractivity contribution in [2.45, 2.75) is 39.3 Å². The number of rotatable bonds is 4. The number of nitrogens with two attached hydrogens (primary N) is 1. The van der Waals surface area contributed by atoms with Crippen LogP contribution in [0.15, 0.2) is 12.1 Å². The molecule has 0 radical (unpaired) electrons. The van der Waals surface area contributed by atoms with E-state index in [2.05, 4.69) is 56.6 Å². The zero-order valence-electron chi connectivity index (χ0n) is 12.6. The number of hydrogen-bond donors (Lipinski definition) is 1. The van der Waals surface area contributed by atoms with Crippen molar-refractivity contribution in [3.63, 3.8) is 0 Å². The van der Waals surface area contributed by atoms with Crippen LogP contribution in [0.25, 0.3) is 0 Å². The molecule has 0 saturated carbocycles. The van der Waals surface area contributed by atoms with E-state index in [-0.39, 0.29) is 0 Å². The largest absolute Gasteiger partial charge is 0.329 e. The highest BCUT2D eigenvalue weighted by atomic mass is 32.2. The highest BCUT2D eigenvalue weighted by molar-refractivity contribution is 7.99. The summed E-state index contributed by atoms with van der Waals surface area (Å²) < 4.78 is 0. The average Bonchev–Trinajstić information content (AvgIpc) is 2.90. The fourth-order valence-corrected chi connectivity index (χ4v) is 4.23. The third-order valence-corrected chi connectivity index (χ3v) is 5.58. The smallest absolute Gasteiger partial charge is 0.0473 e. The molecule has 2 unspecified atom stereocenters. The average molecular weight is 278 g/mol. The van der Waals surface area contributed by atoms with Gasteiger partial charge in [-0.25, -0.2) is 0 Å². The van der Waals surface area contributed by atoms with Crippen LogP contribution in [-0.4, -0.2) is 36.0 Å². The molecule has 0 spiro atoms. The molecular formula is C16H26N2S. The summed E-state index contributed by atoms with van der Waals surface area (Å²) >= 11 is 2.06. The lowest BCUT2D eigenvalue weighted by atomic mass is 9.94. The van der Waals surface area contributed by atoms with Crippen LogP contribution in [-0.2, 0) is 0 Å². The van der Waals surface area contributed by atoms with Gasteiger partial charge in [0.2, 0.25) is 0 Å². The van der Waals surface area contributed by atoms with Gasteiger partial charge in [-0.05, 0) is 62.2 Å². The summed E-state index contributed by atoms with van der Waals surface area (Å²) in [6, 6.07) is 5.66. The Morgan fingerprint density at radius 2 is 1.95 bits per heavy atom. The van der Waals surface area contributed by atoms with E-state index in [4.69, 9.17) is 5.73 Å². The summed E-state index contributed by atoms with van der Waals surface area (Å²) in [4.78, 5) is 2.50. The second kappa shape index (κ2) is 6.29. The van der Waals surface area contributed by atoms with E-state index in [1.54, 1.807) is 0 Å². The topological polar surface area (TPSA) is 29.3 Å². The first kappa shape index (κ1) is 14.9. The van der Waals surface area contributed by atoms with Crippen LogP contribution >= 0.6 is 11.8 Å². The lowest BCUT2D eigenvalue weighted by Gasteiger charge is -2.33. The van der Waals surface area contributed by atoms with Crippen LogP contribution in [0.5, 0.6) is 0 Å². The van der Waals surface area contributed by atoms with Gasteiger partial charge in [0.25, 0.3) is 0 Å². The normalized spacial score (nSPS) is 21.1. The van der Waals surface area contributed by atoms with Crippen LogP contribution < -0.4 is 5.73 Å². The van der Waals surface area contributed by atoms with Crippen molar-refractivity contribution in [3.8, 4) is 0 Å². The van der Waals surface area contributed by atoms with Gasteiger partial charge in [0.15, 0.2) is 0 Å². The molecule has 1 aromatic carbocycles. The van der Waals surface area contributed by atoms with Crippen LogP contribution in [0.3, 0.4) is 0 Å². The summed E-state index contributed by atoms with van der Waals surface area (Å²) in [5.74, 6) is 2.54. The van der Waals surface area contributed by atoms with Gasteiger partial charge in [0.05, 0.1) is 0 Å². The Balaban J connectivity index is 2.28. The number of hydrogen-bond acceptors (Lipinski definition) is 3. The second-order valence-electron chi connectivity index (χ2n) is 5.73. The Kier molecular flexibility index (Phi) is 4.93. The van der Waals surface area contributed by atoms with Gasteiger partial charge in [0.1, 0.15) is 0 Å². The van der Waals surface area contributed by atoms with E-state index in [0.717, 1.165) is 0 Å². The Morgan fingerprint density at radius 1 is 1.26 bits per heavy atom. The third kappa shape index (κ3) is 3.15. The van der Waals surface area contributed by atoms with Crippen molar-refractivity contribution in [1.29, 1.82) is 0 Å². The summed E-state index contributed by atoms with van der Waals surface area (Å²) in [5, 5.41) is 0. The first-order valence-electron chi connectivity index (χ1n) is 7.12. The Bertz CT molecular complexity index is 439. The van der Waals surface area contributed by atoms with Crippen molar-refractivity contribution in [1.82, 2.24) is 4.90 Å². The molecule has 19 heavy (non-hydrogen) atoms. The van der Waals surface area contributed by atoms with Crippen LogP contribution in [0.4, 0.5) is 0 Å². The Labute approximate surface area is 121 Å². The third-order valence-electron chi connectivity index (χ3n) is 4.44. The van der Waals surface area contributed by atoms with Gasteiger partial charge in [-0.1, -0.05) is 12.1 Å². The zero-order chi connectivity index (χ0) is 14.0. The van der Waals surface area contributed by atoms with Crippen molar-refractivity contribution >= 4 is 11.8 Å². The van der Waals surface area contributed by atoms with E-state index >= 15 is 0 Å². The van der Waals surface area contributed by atoms with Crippen molar-refractivity contribution in [3.05, 3.63) is 34.4 Å². The minimum atomic E-state index is 0.350. The molecule has 2 atom stereocenters. The van der Waals surface area contributed by atoms with Gasteiger partial charge in [-0.2, -0.15) is 11.8 Å². The van der Waals surface area contributed by atoms with E-state index in [0.29, 0.717) is 18.6 Å². The zero-order valence-corrected chi connectivity index (χ0v) is 13.4. The number of benzene rings is 1. The molecule has 106 valence electrons. The maximum absolute atomic E-state index is 6.08. The van der Waals surface area contributed by atoms with E-state index in [1.807, 2.05) is 0 Å². The predicted octanol–water partition coefficient (Wildman–Crippen LogP) is 3.05. The molecule has 2 N–H and O–H groups in total. The van der Waals surface area contributed by atoms with Gasteiger partial charge in [0, 0.05) is 24.4 Å². The fourth-order valence-electron chi connectivity index (χ4n) is 2.95. The number of nitrogens with zero attached hydrogens (tertiary/aromatic N) is 1. The molecule has 1 saturated heterocycles. The van der Waals surface area contributed by atoms with Crippen molar-refractivity contribution in [2.75, 3.05) is 25.1 Å². The summed E-state index contributed by atoms with van der Waals surface area (Å²) in [6.45, 7) is 7.28. The molecule has 0 aliphatic carbocycles. The lowest BCUT2D eigenvalue weighted by molar-refractivity contribution is 0.192. The summed E-state index contributed by atoms with van der Waals surface area (Å²) in [7, 11) is 2.24. The molecule has 3 heteroatoms. The van der Waals surface area contributed by atoms with E-state index in [9.17, 15) is 0 Å². The molecule has 2 nitrogen and oxygen atoms in total. The van der Waals surface area contributed by atoms with Crippen LogP contribution in [0.2, 0.25) is 0 Å². The second-order valence-corrected chi connectivity index (χ2v) is 6.88. The highest BCUT2D eigenvalue weighted by Crippen LogP contribution is 2.30. The van der Waals surface area contributed by atoms with Crippen LogP contribution in [0, 0.1) is 20.8 Å². The van der Waals surface area contributed by atoms with E-state index in [1.165, 1.54) is 40.2 Å². The predicted molar refractivity (Wildman–Crippen MR) is 85.9 cm³/mol. The quantitative estimate of drug-likeness (QED) is 0.918. The molecule has 0 bridgehead atoms. The number of likely N-dealkylation sites (N-methyl/N-ethyl adjacent to an activating group) is 1. The standard InChI is InChI=1S/C16H26N2S/c1-11-7-13(3)15(8-12(11)2)16(9-17)18(4)14-5-6-19-10-14/h7-8,14,16H,5-6,9-10,17H2,1-4H3. The fraction of sp³-hybridized carbons (Fsp3) is 0.625. The van der Waals surface area contributed by atoms with Gasteiger partial charge in [-0.15, -0.1) is 0 Å². The molecule has 1 aliphatic heterocycles. The van der Waals surface area contributed by atoms with Crippen molar-refractivity contribution in [2.24, 2.45) is 5.73 Å².